The summed E-state index contributed by atoms with van der Waals surface area (Å²) in [4.78, 5) is 14.8. The first-order valence-corrected chi connectivity index (χ1v) is 8.66. The zero-order chi connectivity index (χ0) is 15.4. The molecule has 0 saturated heterocycles. The van der Waals surface area contributed by atoms with Crippen molar-refractivity contribution in [1.29, 1.82) is 0 Å². The van der Waals surface area contributed by atoms with Crippen molar-refractivity contribution in [3.8, 4) is 0 Å². The maximum absolute atomic E-state index is 12.9. The predicted molar refractivity (Wildman–Crippen MR) is 98.3 cm³/mol. The third kappa shape index (κ3) is 4.30. The van der Waals surface area contributed by atoms with Gasteiger partial charge in [-0.15, -0.1) is 0 Å². The highest BCUT2D eigenvalue weighted by Crippen LogP contribution is 2.23. The summed E-state index contributed by atoms with van der Waals surface area (Å²) in [6, 6.07) is 16.1. The molecule has 0 unspecified atom stereocenters. The van der Waals surface area contributed by atoms with Crippen LogP contribution < -0.4 is 0 Å². The molecule has 2 rings (SSSR count). The normalized spacial score (nSPS) is 10.7. The second-order valence-electron chi connectivity index (χ2n) is 5.14. The lowest BCUT2D eigenvalue weighted by Gasteiger charge is -2.27. The van der Waals surface area contributed by atoms with Gasteiger partial charge in [0.1, 0.15) is 0 Å². The van der Waals surface area contributed by atoms with E-state index < -0.39 is 0 Å². The summed E-state index contributed by atoms with van der Waals surface area (Å²) in [5, 5.41) is 0. The number of hydrogen-bond donors (Lipinski definition) is 0. The van der Waals surface area contributed by atoms with Gasteiger partial charge in [0.25, 0.3) is 5.91 Å². The SMILES string of the molecule is CC(C)N(Cc1ccccc1)C(=O)c1cc(I)ccc1Br. The third-order valence-electron chi connectivity index (χ3n) is 3.24. The lowest BCUT2D eigenvalue weighted by atomic mass is 10.1. The van der Waals surface area contributed by atoms with E-state index in [9.17, 15) is 4.79 Å². The molecule has 0 aliphatic heterocycles. The highest BCUT2D eigenvalue weighted by molar-refractivity contribution is 14.1. The lowest BCUT2D eigenvalue weighted by molar-refractivity contribution is 0.0689. The molecule has 0 saturated carbocycles. The number of amides is 1. The molecular formula is C17H17BrINO. The van der Waals surface area contributed by atoms with Gasteiger partial charge in [-0.25, -0.2) is 0 Å². The van der Waals surface area contributed by atoms with E-state index in [1.54, 1.807) is 0 Å². The van der Waals surface area contributed by atoms with E-state index in [0.717, 1.165) is 13.6 Å². The van der Waals surface area contributed by atoms with Crippen LogP contribution in [-0.2, 0) is 6.54 Å². The van der Waals surface area contributed by atoms with Crippen molar-refractivity contribution in [2.45, 2.75) is 26.4 Å². The summed E-state index contributed by atoms with van der Waals surface area (Å²) in [6.07, 6.45) is 0. The van der Waals surface area contributed by atoms with Gasteiger partial charge in [0, 0.05) is 20.6 Å². The molecule has 0 N–H and O–H groups in total. The summed E-state index contributed by atoms with van der Waals surface area (Å²) < 4.78 is 1.90. The first-order chi connectivity index (χ1) is 9.99. The first kappa shape index (κ1) is 16.5. The predicted octanol–water partition coefficient (Wildman–Crippen LogP) is 5.10. The third-order valence-corrected chi connectivity index (χ3v) is 4.60. The Morgan fingerprint density at radius 1 is 1.19 bits per heavy atom. The van der Waals surface area contributed by atoms with Crippen LogP contribution in [0.4, 0.5) is 0 Å². The molecule has 0 heterocycles. The zero-order valence-electron chi connectivity index (χ0n) is 12.0. The summed E-state index contributed by atoms with van der Waals surface area (Å²) in [5.74, 6) is 0.0549. The Morgan fingerprint density at radius 2 is 1.86 bits per heavy atom. The van der Waals surface area contributed by atoms with Gasteiger partial charge >= 0.3 is 0 Å². The molecule has 110 valence electrons. The van der Waals surface area contributed by atoms with Crippen LogP contribution in [0.1, 0.15) is 29.8 Å². The molecule has 0 aromatic heterocycles. The van der Waals surface area contributed by atoms with Crippen LogP contribution in [0.25, 0.3) is 0 Å². The number of carbonyl (C=O) groups is 1. The molecule has 0 spiro atoms. The largest absolute Gasteiger partial charge is 0.332 e. The van der Waals surface area contributed by atoms with Crippen molar-refractivity contribution in [3.63, 3.8) is 0 Å². The van der Waals surface area contributed by atoms with Gasteiger partial charge in [0.15, 0.2) is 0 Å². The van der Waals surface area contributed by atoms with E-state index in [4.69, 9.17) is 0 Å². The monoisotopic (exact) mass is 457 g/mol. The van der Waals surface area contributed by atoms with E-state index in [2.05, 4.69) is 38.5 Å². The second kappa shape index (κ2) is 7.40. The smallest absolute Gasteiger partial charge is 0.255 e. The minimum absolute atomic E-state index is 0.0549. The van der Waals surface area contributed by atoms with Gasteiger partial charge in [-0.05, 0) is 76.1 Å². The maximum Gasteiger partial charge on any atom is 0.255 e. The van der Waals surface area contributed by atoms with Crippen molar-refractivity contribution in [2.75, 3.05) is 0 Å². The molecule has 2 aromatic carbocycles. The molecule has 21 heavy (non-hydrogen) atoms. The van der Waals surface area contributed by atoms with Crippen molar-refractivity contribution in [2.24, 2.45) is 0 Å². The summed E-state index contributed by atoms with van der Waals surface area (Å²) in [7, 11) is 0. The van der Waals surface area contributed by atoms with Crippen LogP contribution in [0, 0.1) is 3.57 Å². The Balaban J connectivity index is 2.30. The van der Waals surface area contributed by atoms with Crippen molar-refractivity contribution < 1.29 is 4.79 Å². The van der Waals surface area contributed by atoms with Gasteiger partial charge in [0.2, 0.25) is 0 Å². The topological polar surface area (TPSA) is 20.3 Å². The quantitative estimate of drug-likeness (QED) is 0.584. The summed E-state index contributed by atoms with van der Waals surface area (Å²) in [5.41, 5.74) is 1.85. The van der Waals surface area contributed by atoms with E-state index in [0.29, 0.717) is 12.1 Å². The van der Waals surface area contributed by atoms with Crippen LogP contribution >= 0.6 is 38.5 Å². The standard InChI is InChI=1S/C17H17BrINO/c1-12(2)20(11-13-6-4-3-5-7-13)17(21)15-10-14(19)8-9-16(15)18/h3-10,12H,11H2,1-2H3. The van der Waals surface area contributed by atoms with Crippen LogP contribution in [0.15, 0.2) is 53.0 Å². The zero-order valence-corrected chi connectivity index (χ0v) is 15.8. The molecule has 0 fully saturated rings. The number of nitrogens with zero attached hydrogens (tertiary/aromatic N) is 1. The molecule has 0 aliphatic rings. The summed E-state index contributed by atoms with van der Waals surface area (Å²) in [6.45, 7) is 4.71. The van der Waals surface area contributed by atoms with Gasteiger partial charge in [-0.3, -0.25) is 4.79 Å². The van der Waals surface area contributed by atoms with E-state index in [1.165, 1.54) is 0 Å². The maximum atomic E-state index is 12.9. The minimum atomic E-state index is 0.0549. The molecule has 0 aliphatic carbocycles. The highest BCUT2D eigenvalue weighted by atomic mass is 127. The molecule has 2 aromatic rings. The highest BCUT2D eigenvalue weighted by Gasteiger charge is 2.21. The first-order valence-electron chi connectivity index (χ1n) is 6.79. The minimum Gasteiger partial charge on any atom is -0.332 e. The second-order valence-corrected chi connectivity index (χ2v) is 7.24. The molecule has 0 bridgehead atoms. The summed E-state index contributed by atoms with van der Waals surface area (Å²) >= 11 is 5.71. The Kier molecular flexibility index (Phi) is 5.81. The molecule has 1 amide bonds. The van der Waals surface area contributed by atoms with Crippen LogP contribution in [-0.4, -0.2) is 16.8 Å². The number of carbonyl (C=O) groups excluding carboxylic acids is 1. The van der Waals surface area contributed by atoms with Crippen molar-refractivity contribution in [3.05, 3.63) is 67.7 Å². The molecule has 0 radical (unpaired) electrons. The molecule has 4 heteroatoms. The van der Waals surface area contributed by atoms with E-state index >= 15 is 0 Å². The number of hydrogen-bond acceptors (Lipinski definition) is 1. The van der Waals surface area contributed by atoms with E-state index in [1.807, 2.05) is 67.3 Å². The Labute approximate surface area is 147 Å². The van der Waals surface area contributed by atoms with Gasteiger partial charge < -0.3 is 4.90 Å². The number of benzene rings is 2. The average Bonchev–Trinajstić information content (AvgIpc) is 2.47. The molecular weight excluding hydrogens is 441 g/mol. The van der Waals surface area contributed by atoms with Gasteiger partial charge in [-0.2, -0.15) is 0 Å². The molecule has 2 nitrogen and oxygen atoms in total. The Bertz CT molecular complexity index is 628. The molecule has 0 atom stereocenters. The Morgan fingerprint density at radius 3 is 2.48 bits per heavy atom. The Hall–Kier alpha value is -0.880. The van der Waals surface area contributed by atoms with Gasteiger partial charge in [-0.1, -0.05) is 30.3 Å². The van der Waals surface area contributed by atoms with Crippen LogP contribution in [0.3, 0.4) is 0 Å². The fraction of sp³-hybridized carbons (Fsp3) is 0.235. The fourth-order valence-corrected chi connectivity index (χ4v) is 2.99. The van der Waals surface area contributed by atoms with Crippen LogP contribution in [0.2, 0.25) is 0 Å². The number of rotatable bonds is 4. The van der Waals surface area contributed by atoms with Gasteiger partial charge in [0.05, 0.1) is 5.56 Å². The fourth-order valence-electron chi connectivity index (χ4n) is 2.09. The van der Waals surface area contributed by atoms with Crippen molar-refractivity contribution in [1.82, 2.24) is 4.90 Å². The average molecular weight is 458 g/mol. The van der Waals surface area contributed by atoms with Crippen molar-refractivity contribution >= 4 is 44.4 Å². The van der Waals surface area contributed by atoms with E-state index in [-0.39, 0.29) is 11.9 Å². The van der Waals surface area contributed by atoms with Crippen LogP contribution in [0.5, 0.6) is 0 Å². The number of halogens is 2. The lowest BCUT2D eigenvalue weighted by Crippen LogP contribution is -2.36.